The first-order valence-corrected chi connectivity index (χ1v) is 8.39. The quantitative estimate of drug-likeness (QED) is 0.604. The van der Waals surface area contributed by atoms with Gasteiger partial charge in [-0.3, -0.25) is 9.59 Å². The Labute approximate surface area is 154 Å². The number of hydrogen-bond acceptors (Lipinski definition) is 5. The topological polar surface area (TPSA) is 90.0 Å². The molecule has 7 heteroatoms. The molecule has 0 atom stereocenters. The van der Waals surface area contributed by atoms with Crippen molar-refractivity contribution in [2.75, 3.05) is 5.32 Å². The first kappa shape index (κ1) is 16.7. The molecule has 0 spiro atoms. The van der Waals surface area contributed by atoms with Crippen LogP contribution < -0.4 is 10.9 Å². The summed E-state index contributed by atoms with van der Waals surface area (Å²) >= 11 is 0. The molecule has 2 heterocycles. The van der Waals surface area contributed by atoms with E-state index in [1.165, 1.54) is 6.07 Å². The Morgan fingerprint density at radius 3 is 2.67 bits per heavy atom. The van der Waals surface area contributed by atoms with Gasteiger partial charge in [0.25, 0.3) is 5.56 Å². The Morgan fingerprint density at radius 1 is 1.07 bits per heavy atom. The predicted octanol–water partition coefficient (Wildman–Crippen LogP) is 3.00. The maximum atomic E-state index is 12.2. The van der Waals surface area contributed by atoms with Crippen molar-refractivity contribution in [3.05, 3.63) is 76.8 Å². The molecule has 2 aromatic carbocycles. The van der Waals surface area contributed by atoms with Gasteiger partial charge in [-0.1, -0.05) is 41.6 Å². The van der Waals surface area contributed by atoms with Crippen molar-refractivity contribution in [1.82, 2.24) is 14.9 Å². The summed E-state index contributed by atoms with van der Waals surface area (Å²) in [6, 6.07) is 18.6. The molecule has 0 fully saturated rings. The lowest BCUT2D eigenvalue weighted by Crippen LogP contribution is -2.29. The average molecular weight is 360 g/mol. The molecule has 2 aromatic heterocycles. The smallest absolute Gasteiger partial charge is 0.267 e. The number of rotatable bonds is 4. The van der Waals surface area contributed by atoms with Crippen molar-refractivity contribution < 1.29 is 9.32 Å². The van der Waals surface area contributed by atoms with Crippen LogP contribution in [-0.4, -0.2) is 20.8 Å². The summed E-state index contributed by atoms with van der Waals surface area (Å²) in [4.78, 5) is 24.3. The van der Waals surface area contributed by atoms with Crippen molar-refractivity contribution in [1.29, 1.82) is 0 Å². The normalized spacial score (nSPS) is 10.9. The van der Waals surface area contributed by atoms with Crippen LogP contribution in [0.5, 0.6) is 0 Å². The SMILES string of the molecule is Cc1cc(NC(=O)Cn2nc(-c3ccc4ccccc4c3)ccc2=O)no1. The van der Waals surface area contributed by atoms with Crippen LogP contribution >= 0.6 is 0 Å². The molecule has 0 saturated heterocycles. The Hall–Kier alpha value is -3.74. The van der Waals surface area contributed by atoms with Gasteiger partial charge in [0.05, 0.1) is 5.69 Å². The van der Waals surface area contributed by atoms with E-state index in [0.717, 1.165) is 21.0 Å². The Kier molecular flexibility index (Phi) is 4.25. The van der Waals surface area contributed by atoms with Crippen LogP contribution in [0.3, 0.4) is 0 Å². The van der Waals surface area contributed by atoms with Crippen LogP contribution in [0.2, 0.25) is 0 Å². The number of aryl methyl sites for hydroxylation is 1. The summed E-state index contributed by atoms with van der Waals surface area (Å²) in [5.41, 5.74) is 1.13. The van der Waals surface area contributed by atoms with Gasteiger partial charge in [-0.05, 0) is 29.8 Å². The van der Waals surface area contributed by atoms with Crippen LogP contribution in [-0.2, 0) is 11.3 Å². The van der Waals surface area contributed by atoms with Crippen molar-refractivity contribution in [2.45, 2.75) is 13.5 Å². The molecule has 7 nitrogen and oxygen atoms in total. The minimum absolute atomic E-state index is 0.216. The zero-order valence-corrected chi connectivity index (χ0v) is 14.5. The number of amides is 1. The van der Waals surface area contributed by atoms with Gasteiger partial charge in [0.2, 0.25) is 5.91 Å². The summed E-state index contributed by atoms with van der Waals surface area (Å²) < 4.78 is 6.03. The van der Waals surface area contributed by atoms with Gasteiger partial charge in [-0.25, -0.2) is 4.68 Å². The monoisotopic (exact) mass is 360 g/mol. The number of fused-ring (bicyclic) bond motifs is 1. The Morgan fingerprint density at radius 2 is 1.89 bits per heavy atom. The summed E-state index contributed by atoms with van der Waals surface area (Å²) in [5, 5.41) is 12.8. The van der Waals surface area contributed by atoms with E-state index in [2.05, 4.69) is 15.6 Å². The fourth-order valence-corrected chi connectivity index (χ4v) is 2.81. The lowest BCUT2D eigenvalue weighted by atomic mass is 10.1. The van der Waals surface area contributed by atoms with Gasteiger partial charge in [-0.15, -0.1) is 0 Å². The highest BCUT2D eigenvalue weighted by atomic mass is 16.5. The number of nitrogens with zero attached hydrogens (tertiary/aromatic N) is 3. The number of carbonyl (C=O) groups excluding carboxylic acids is 1. The molecule has 0 radical (unpaired) electrons. The largest absolute Gasteiger partial charge is 0.360 e. The van der Waals surface area contributed by atoms with E-state index in [1.807, 2.05) is 42.5 Å². The fourth-order valence-electron chi connectivity index (χ4n) is 2.81. The van der Waals surface area contributed by atoms with E-state index in [4.69, 9.17) is 4.52 Å². The summed E-state index contributed by atoms with van der Waals surface area (Å²) in [7, 11) is 0. The van der Waals surface area contributed by atoms with E-state index >= 15 is 0 Å². The van der Waals surface area contributed by atoms with E-state index in [9.17, 15) is 9.59 Å². The van der Waals surface area contributed by atoms with Gasteiger partial charge in [-0.2, -0.15) is 5.10 Å². The standard InChI is InChI=1S/C20H16N4O3/c1-13-10-18(23-27-13)21-19(25)12-24-20(26)9-8-17(22-24)16-7-6-14-4-2-3-5-15(14)11-16/h2-11H,12H2,1H3,(H,21,23,25). The lowest BCUT2D eigenvalue weighted by molar-refractivity contribution is -0.117. The van der Waals surface area contributed by atoms with Gasteiger partial charge < -0.3 is 9.84 Å². The molecule has 4 rings (SSSR count). The number of benzene rings is 2. The second kappa shape index (κ2) is 6.87. The van der Waals surface area contributed by atoms with Gasteiger partial charge in [0, 0.05) is 17.7 Å². The molecule has 4 aromatic rings. The maximum absolute atomic E-state index is 12.2. The van der Waals surface area contributed by atoms with Gasteiger partial charge >= 0.3 is 0 Å². The highest BCUT2D eigenvalue weighted by molar-refractivity contribution is 5.89. The van der Waals surface area contributed by atoms with E-state index < -0.39 is 5.91 Å². The molecule has 0 aliphatic carbocycles. The third-order valence-electron chi connectivity index (χ3n) is 4.10. The Bertz CT molecular complexity index is 1190. The number of anilines is 1. The third-order valence-corrected chi connectivity index (χ3v) is 4.10. The molecule has 0 bridgehead atoms. The number of hydrogen-bond donors (Lipinski definition) is 1. The molecule has 0 unspecified atom stereocenters. The van der Waals surface area contributed by atoms with Crippen LogP contribution in [0.25, 0.3) is 22.0 Å². The molecule has 134 valence electrons. The molecule has 0 aliphatic heterocycles. The highest BCUT2D eigenvalue weighted by Crippen LogP contribution is 2.22. The minimum Gasteiger partial charge on any atom is -0.360 e. The second-order valence-electron chi connectivity index (χ2n) is 6.15. The number of nitrogens with one attached hydrogen (secondary N) is 1. The third kappa shape index (κ3) is 3.62. The summed E-state index contributed by atoms with van der Waals surface area (Å²) in [6.07, 6.45) is 0. The first-order valence-electron chi connectivity index (χ1n) is 8.39. The first-order chi connectivity index (χ1) is 13.1. The maximum Gasteiger partial charge on any atom is 0.267 e. The van der Waals surface area contributed by atoms with Crippen molar-refractivity contribution >= 4 is 22.5 Å². The average Bonchev–Trinajstić information content (AvgIpc) is 3.07. The number of aromatic nitrogens is 3. The van der Waals surface area contributed by atoms with E-state index in [-0.39, 0.29) is 12.1 Å². The summed E-state index contributed by atoms with van der Waals surface area (Å²) in [6.45, 7) is 1.51. The zero-order chi connectivity index (χ0) is 18.8. The van der Waals surface area contributed by atoms with Crippen LogP contribution in [0.4, 0.5) is 5.82 Å². The molecule has 1 N–H and O–H groups in total. The Balaban J connectivity index is 1.60. The lowest BCUT2D eigenvalue weighted by Gasteiger charge is -2.08. The second-order valence-corrected chi connectivity index (χ2v) is 6.15. The summed E-state index contributed by atoms with van der Waals surface area (Å²) in [5.74, 6) is 0.476. The molecular formula is C20H16N4O3. The van der Waals surface area contributed by atoms with Crippen molar-refractivity contribution in [2.24, 2.45) is 0 Å². The zero-order valence-electron chi connectivity index (χ0n) is 14.5. The van der Waals surface area contributed by atoms with E-state index in [0.29, 0.717) is 17.3 Å². The molecule has 0 aliphatic rings. The minimum atomic E-state index is -0.409. The highest BCUT2D eigenvalue weighted by Gasteiger charge is 2.10. The van der Waals surface area contributed by atoms with Crippen LogP contribution in [0.1, 0.15) is 5.76 Å². The molecule has 1 amide bonds. The molecule has 27 heavy (non-hydrogen) atoms. The molecular weight excluding hydrogens is 344 g/mol. The van der Waals surface area contributed by atoms with Crippen molar-refractivity contribution in [3.63, 3.8) is 0 Å². The van der Waals surface area contributed by atoms with Gasteiger partial charge in [0.15, 0.2) is 5.82 Å². The van der Waals surface area contributed by atoms with E-state index in [1.54, 1.807) is 19.1 Å². The number of carbonyl (C=O) groups is 1. The van der Waals surface area contributed by atoms with Crippen LogP contribution in [0.15, 0.2) is 70.0 Å². The fraction of sp³-hybridized carbons (Fsp3) is 0.100. The van der Waals surface area contributed by atoms with Gasteiger partial charge in [0.1, 0.15) is 12.3 Å². The molecule has 0 saturated carbocycles. The van der Waals surface area contributed by atoms with Crippen LogP contribution in [0, 0.1) is 6.92 Å². The predicted molar refractivity (Wildman–Crippen MR) is 101 cm³/mol. The van der Waals surface area contributed by atoms with Crippen molar-refractivity contribution in [3.8, 4) is 11.3 Å².